The van der Waals surface area contributed by atoms with Crippen LogP contribution in [0, 0.1) is 22.7 Å². The molecule has 1 fully saturated rings. The van der Waals surface area contributed by atoms with Crippen LogP contribution >= 0.6 is 0 Å². The minimum atomic E-state index is 0.455. The van der Waals surface area contributed by atoms with Crippen LogP contribution in [0.5, 0.6) is 0 Å². The zero-order chi connectivity index (χ0) is 13.1. The number of rotatable bonds is 4. The van der Waals surface area contributed by atoms with E-state index in [1.165, 1.54) is 38.5 Å². The molecule has 1 saturated carbocycles. The molecule has 17 heavy (non-hydrogen) atoms. The lowest BCUT2D eigenvalue weighted by Gasteiger charge is -2.42. The first kappa shape index (κ1) is 15.0. The van der Waals surface area contributed by atoms with Crippen molar-refractivity contribution in [3.05, 3.63) is 0 Å². The van der Waals surface area contributed by atoms with Gasteiger partial charge in [-0.15, -0.1) is 0 Å². The predicted octanol–water partition coefficient (Wildman–Crippen LogP) is 4.60. The van der Waals surface area contributed by atoms with Crippen molar-refractivity contribution < 1.29 is 0 Å². The zero-order valence-electron chi connectivity index (χ0n) is 12.7. The third-order valence-corrected chi connectivity index (χ3v) is 4.87. The van der Waals surface area contributed by atoms with Crippen LogP contribution in [-0.4, -0.2) is 6.54 Å². The van der Waals surface area contributed by atoms with E-state index in [1.807, 2.05) is 0 Å². The van der Waals surface area contributed by atoms with Gasteiger partial charge in [-0.1, -0.05) is 34.6 Å². The lowest BCUT2D eigenvalue weighted by molar-refractivity contribution is 0.108. The molecule has 2 N–H and O–H groups in total. The second-order valence-corrected chi connectivity index (χ2v) is 7.85. The van der Waals surface area contributed by atoms with Gasteiger partial charge in [0.15, 0.2) is 0 Å². The second-order valence-electron chi connectivity index (χ2n) is 7.85. The lowest BCUT2D eigenvalue weighted by Crippen LogP contribution is -2.36. The Bertz CT molecular complexity index is 216. The Morgan fingerprint density at radius 3 is 2.06 bits per heavy atom. The van der Waals surface area contributed by atoms with Crippen LogP contribution < -0.4 is 5.73 Å². The van der Waals surface area contributed by atoms with E-state index in [-0.39, 0.29) is 0 Å². The van der Waals surface area contributed by atoms with E-state index in [4.69, 9.17) is 5.73 Å². The van der Waals surface area contributed by atoms with Gasteiger partial charge in [0.25, 0.3) is 0 Å². The average molecular weight is 239 g/mol. The van der Waals surface area contributed by atoms with Gasteiger partial charge in [-0.05, 0) is 67.7 Å². The van der Waals surface area contributed by atoms with E-state index in [9.17, 15) is 0 Å². The molecular formula is C16H33N. The highest BCUT2D eigenvalue weighted by molar-refractivity contribution is 4.88. The van der Waals surface area contributed by atoms with Gasteiger partial charge in [-0.25, -0.2) is 0 Å². The van der Waals surface area contributed by atoms with Crippen LogP contribution in [0.4, 0.5) is 0 Å². The average Bonchev–Trinajstić information content (AvgIpc) is 2.26. The normalized spacial score (nSPS) is 30.9. The molecule has 0 amide bonds. The Hall–Kier alpha value is -0.0400. The fourth-order valence-electron chi connectivity index (χ4n) is 3.12. The van der Waals surface area contributed by atoms with Gasteiger partial charge < -0.3 is 5.73 Å². The zero-order valence-corrected chi connectivity index (χ0v) is 12.7. The molecule has 1 aliphatic carbocycles. The molecule has 1 heteroatoms. The van der Waals surface area contributed by atoms with Crippen LogP contribution in [-0.2, 0) is 0 Å². The molecule has 0 aromatic carbocycles. The highest BCUT2D eigenvalue weighted by Crippen LogP contribution is 2.45. The van der Waals surface area contributed by atoms with Gasteiger partial charge in [0, 0.05) is 0 Å². The first-order valence-electron chi connectivity index (χ1n) is 7.48. The maximum absolute atomic E-state index is 6.09. The molecule has 0 radical (unpaired) electrons. The standard InChI is InChI=1S/C16H33N/c1-13(2)14-6-8-16(12-17,9-7-14)11-10-15(3,4)5/h13-14H,6-12,17H2,1-5H3. The smallest absolute Gasteiger partial charge is 0.00205 e. The Labute approximate surface area is 109 Å². The molecule has 102 valence electrons. The monoisotopic (exact) mass is 239 g/mol. The van der Waals surface area contributed by atoms with Crippen molar-refractivity contribution in [1.82, 2.24) is 0 Å². The van der Waals surface area contributed by atoms with Crippen molar-refractivity contribution >= 4 is 0 Å². The van der Waals surface area contributed by atoms with Crippen molar-refractivity contribution in [2.75, 3.05) is 6.54 Å². The van der Waals surface area contributed by atoms with Crippen molar-refractivity contribution in [1.29, 1.82) is 0 Å². The molecule has 1 nitrogen and oxygen atoms in total. The number of hydrogen-bond donors (Lipinski definition) is 1. The molecular weight excluding hydrogens is 206 g/mol. The first-order valence-corrected chi connectivity index (χ1v) is 7.48. The molecule has 1 aliphatic rings. The van der Waals surface area contributed by atoms with Gasteiger partial charge in [0.2, 0.25) is 0 Å². The summed E-state index contributed by atoms with van der Waals surface area (Å²) in [7, 11) is 0. The Morgan fingerprint density at radius 2 is 1.71 bits per heavy atom. The minimum Gasteiger partial charge on any atom is -0.330 e. The van der Waals surface area contributed by atoms with Crippen LogP contribution in [0.15, 0.2) is 0 Å². The van der Waals surface area contributed by atoms with Gasteiger partial charge in [-0.2, -0.15) is 0 Å². The van der Waals surface area contributed by atoms with Crippen molar-refractivity contribution in [2.24, 2.45) is 28.4 Å². The molecule has 0 saturated heterocycles. The van der Waals surface area contributed by atoms with Gasteiger partial charge in [0.1, 0.15) is 0 Å². The number of hydrogen-bond acceptors (Lipinski definition) is 1. The number of nitrogens with two attached hydrogens (primary N) is 1. The summed E-state index contributed by atoms with van der Waals surface area (Å²) < 4.78 is 0. The van der Waals surface area contributed by atoms with E-state index in [2.05, 4.69) is 34.6 Å². The van der Waals surface area contributed by atoms with E-state index in [1.54, 1.807) is 0 Å². The minimum absolute atomic E-state index is 0.455. The maximum Gasteiger partial charge on any atom is -0.00205 e. The van der Waals surface area contributed by atoms with Crippen LogP contribution in [0.2, 0.25) is 0 Å². The molecule has 0 atom stereocenters. The van der Waals surface area contributed by atoms with Crippen molar-refractivity contribution in [3.8, 4) is 0 Å². The molecule has 0 aromatic heterocycles. The van der Waals surface area contributed by atoms with Crippen LogP contribution in [0.25, 0.3) is 0 Å². The summed E-state index contributed by atoms with van der Waals surface area (Å²) in [6.07, 6.45) is 8.18. The molecule has 0 aromatic rings. The third-order valence-electron chi connectivity index (χ3n) is 4.87. The fraction of sp³-hybridized carbons (Fsp3) is 1.00. The lowest BCUT2D eigenvalue weighted by atomic mass is 9.65. The molecule has 0 bridgehead atoms. The van der Waals surface area contributed by atoms with E-state index < -0.39 is 0 Å². The molecule has 0 unspecified atom stereocenters. The van der Waals surface area contributed by atoms with Crippen LogP contribution in [0.3, 0.4) is 0 Å². The van der Waals surface area contributed by atoms with Gasteiger partial charge in [-0.3, -0.25) is 0 Å². The van der Waals surface area contributed by atoms with E-state index in [0.29, 0.717) is 10.8 Å². The highest BCUT2D eigenvalue weighted by atomic mass is 14.6. The fourth-order valence-corrected chi connectivity index (χ4v) is 3.12. The van der Waals surface area contributed by atoms with Gasteiger partial charge in [0.05, 0.1) is 0 Å². The topological polar surface area (TPSA) is 26.0 Å². The summed E-state index contributed by atoms with van der Waals surface area (Å²) >= 11 is 0. The second kappa shape index (κ2) is 5.73. The largest absolute Gasteiger partial charge is 0.330 e. The summed E-state index contributed by atoms with van der Waals surface area (Å²) in [6, 6.07) is 0. The maximum atomic E-state index is 6.09. The Morgan fingerprint density at radius 1 is 1.18 bits per heavy atom. The Kier molecular flexibility index (Phi) is 5.07. The SMILES string of the molecule is CC(C)C1CCC(CN)(CCC(C)(C)C)CC1. The Balaban J connectivity index is 2.49. The third kappa shape index (κ3) is 4.62. The summed E-state index contributed by atoms with van der Waals surface area (Å²) in [5.41, 5.74) is 7.02. The summed E-state index contributed by atoms with van der Waals surface area (Å²) in [6.45, 7) is 12.7. The first-order chi connectivity index (χ1) is 7.78. The molecule has 0 aliphatic heterocycles. The van der Waals surface area contributed by atoms with E-state index >= 15 is 0 Å². The van der Waals surface area contributed by atoms with Crippen molar-refractivity contribution in [3.63, 3.8) is 0 Å². The molecule has 0 spiro atoms. The molecule has 0 heterocycles. The molecule has 1 rings (SSSR count). The van der Waals surface area contributed by atoms with E-state index in [0.717, 1.165) is 18.4 Å². The quantitative estimate of drug-likeness (QED) is 0.762. The summed E-state index contributed by atoms with van der Waals surface area (Å²) in [5, 5.41) is 0. The predicted molar refractivity (Wildman–Crippen MR) is 77.0 cm³/mol. The van der Waals surface area contributed by atoms with Crippen LogP contribution in [0.1, 0.15) is 73.1 Å². The highest BCUT2D eigenvalue weighted by Gasteiger charge is 2.35. The summed E-state index contributed by atoms with van der Waals surface area (Å²) in [4.78, 5) is 0. The van der Waals surface area contributed by atoms with Gasteiger partial charge >= 0.3 is 0 Å². The summed E-state index contributed by atoms with van der Waals surface area (Å²) in [5.74, 6) is 1.80. The van der Waals surface area contributed by atoms with Crippen molar-refractivity contribution in [2.45, 2.75) is 73.1 Å².